The lowest BCUT2D eigenvalue weighted by Gasteiger charge is -2.06. The molecule has 114 valence electrons. The van der Waals surface area contributed by atoms with Gasteiger partial charge in [-0.3, -0.25) is 4.79 Å². The topological polar surface area (TPSA) is 102 Å². The van der Waals surface area contributed by atoms with Crippen molar-refractivity contribution in [3.8, 4) is 6.07 Å². The first-order valence-corrected chi connectivity index (χ1v) is 7.15. The number of fused-ring (bicyclic) bond motifs is 1. The number of hydrogen-bond donors (Lipinski definition) is 3. The van der Waals surface area contributed by atoms with Gasteiger partial charge in [0.2, 0.25) is 0 Å². The molecule has 0 radical (unpaired) electrons. The van der Waals surface area contributed by atoms with E-state index in [9.17, 15) is 9.59 Å². The molecule has 3 N–H and O–H groups in total. The summed E-state index contributed by atoms with van der Waals surface area (Å²) < 4.78 is 0. The molecule has 0 aliphatic rings. The van der Waals surface area contributed by atoms with Crippen molar-refractivity contribution in [2.24, 2.45) is 0 Å². The number of nitrogens with one attached hydrogen (secondary N) is 3. The van der Waals surface area contributed by atoms with E-state index in [4.69, 9.17) is 5.26 Å². The van der Waals surface area contributed by atoms with E-state index in [2.05, 4.69) is 15.3 Å². The van der Waals surface area contributed by atoms with Crippen LogP contribution in [0.1, 0.15) is 21.5 Å². The molecule has 23 heavy (non-hydrogen) atoms. The van der Waals surface area contributed by atoms with Crippen LogP contribution in [0.5, 0.6) is 0 Å². The number of rotatable bonds is 4. The van der Waals surface area contributed by atoms with E-state index in [1.165, 1.54) is 0 Å². The van der Waals surface area contributed by atoms with Crippen molar-refractivity contribution in [3.05, 3.63) is 69.6 Å². The van der Waals surface area contributed by atoms with Crippen molar-refractivity contribution in [1.82, 2.24) is 15.3 Å². The van der Waals surface area contributed by atoms with Gasteiger partial charge in [-0.15, -0.1) is 0 Å². The molecule has 0 saturated carbocycles. The van der Waals surface area contributed by atoms with Crippen LogP contribution in [-0.2, 0) is 6.42 Å². The number of amides is 1. The molecule has 0 unspecified atom stereocenters. The van der Waals surface area contributed by atoms with Crippen LogP contribution in [0, 0.1) is 11.3 Å². The van der Waals surface area contributed by atoms with E-state index in [1.54, 1.807) is 24.3 Å². The lowest BCUT2D eigenvalue weighted by molar-refractivity contribution is 0.0954. The lowest BCUT2D eigenvalue weighted by Crippen LogP contribution is -2.25. The third-order valence-electron chi connectivity index (χ3n) is 3.53. The number of benzene rings is 2. The maximum atomic E-state index is 12.0. The van der Waals surface area contributed by atoms with Crippen molar-refractivity contribution in [2.45, 2.75) is 6.42 Å². The fourth-order valence-corrected chi connectivity index (χ4v) is 2.39. The van der Waals surface area contributed by atoms with Gasteiger partial charge in [0.05, 0.1) is 22.7 Å². The van der Waals surface area contributed by atoms with Gasteiger partial charge in [-0.05, 0) is 42.3 Å². The Morgan fingerprint density at radius 3 is 2.78 bits per heavy atom. The summed E-state index contributed by atoms with van der Waals surface area (Å²) in [4.78, 5) is 28.7. The van der Waals surface area contributed by atoms with E-state index >= 15 is 0 Å². The Kier molecular flexibility index (Phi) is 3.93. The highest BCUT2D eigenvalue weighted by Gasteiger charge is 2.06. The maximum Gasteiger partial charge on any atom is 0.323 e. The molecule has 0 bridgehead atoms. The van der Waals surface area contributed by atoms with Crippen LogP contribution in [0.3, 0.4) is 0 Å². The van der Waals surface area contributed by atoms with Crippen molar-refractivity contribution < 1.29 is 4.79 Å². The van der Waals surface area contributed by atoms with Gasteiger partial charge in [-0.25, -0.2) is 4.79 Å². The molecule has 3 aromatic rings. The zero-order valence-corrected chi connectivity index (χ0v) is 12.2. The number of aromatic nitrogens is 2. The minimum atomic E-state index is -0.233. The molecule has 0 spiro atoms. The van der Waals surface area contributed by atoms with Gasteiger partial charge in [0.1, 0.15) is 0 Å². The number of imidazole rings is 1. The molecule has 0 aliphatic carbocycles. The summed E-state index contributed by atoms with van der Waals surface area (Å²) in [5.74, 6) is -0.210. The average molecular weight is 306 g/mol. The zero-order chi connectivity index (χ0) is 16.2. The minimum absolute atomic E-state index is 0.210. The standard InChI is InChI=1S/C17H14N4O2/c18-10-12-2-1-3-13(8-12)16(22)19-7-6-11-4-5-14-15(9-11)21-17(23)20-14/h1-5,8-9H,6-7H2,(H,19,22)(H2,20,21,23). The number of H-pyrrole nitrogens is 2. The van der Waals surface area contributed by atoms with Crippen molar-refractivity contribution in [1.29, 1.82) is 5.26 Å². The lowest BCUT2D eigenvalue weighted by atomic mass is 10.1. The van der Waals surface area contributed by atoms with E-state index in [0.29, 0.717) is 24.1 Å². The molecule has 1 amide bonds. The monoisotopic (exact) mass is 306 g/mol. The van der Waals surface area contributed by atoms with Gasteiger partial charge in [-0.1, -0.05) is 12.1 Å². The van der Waals surface area contributed by atoms with Gasteiger partial charge in [0.25, 0.3) is 5.91 Å². The molecule has 0 atom stereocenters. The van der Waals surface area contributed by atoms with Gasteiger partial charge in [-0.2, -0.15) is 5.26 Å². The van der Waals surface area contributed by atoms with Crippen LogP contribution < -0.4 is 11.0 Å². The number of carbonyl (C=O) groups excluding carboxylic acids is 1. The maximum absolute atomic E-state index is 12.0. The quantitative estimate of drug-likeness (QED) is 0.683. The number of carbonyl (C=O) groups is 1. The highest BCUT2D eigenvalue weighted by atomic mass is 16.1. The fraction of sp³-hybridized carbons (Fsp3) is 0.118. The summed E-state index contributed by atoms with van der Waals surface area (Å²) in [6.07, 6.45) is 0.646. The highest BCUT2D eigenvalue weighted by Crippen LogP contribution is 2.10. The number of hydrogen-bond acceptors (Lipinski definition) is 3. The van der Waals surface area contributed by atoms with Gasteiger partial charge < -0.3 is 15.3 Å². The first kappa shape index (κ1) is 14.6. The van der Waals surface area contributed by atoms with Gasteiger partial charge in [0, 0.05) is 12.1 Å². The van der Waals surface area contributed by atoms with Crippen molar-refractivity contribution in [2.75, 3.05) is 6.54 Å². The zero-order valence-electron chi connectivity index (χ0n) is 12.2. The minimum Gasteiger partial charge on any atom is -0.352 e. The molecule has 6 heteroatoms. The summed E-state index contributed by atoms with van der Waals surface area (Å²) in [5.41, 5.74) is 3.22. The molecule has 1 aromatic heterocycles. The molecule has 2 aromatic carbocycles. The van der Waals surface area contributed by atoms with Crippen molar-refractivity contribution in [3.63, 3.8) is 0 Å². The first-order valence-electron chi connectivity index (χ1n) is 7.15. The van der Waals surface area contributed by atoms with Gasteiger partial charge >= 0.3 is 5.69 Å². The number of nitriles is 1. The van der Waals surface area contributed by atoms with Crippen LogP contribution >= 0.6 is 0 Å². The van der Waals surface area contributed by atoms with Crippen LogP contribution in [-0.4, -0.2) is 22.4 Å². The molecule has 3 rings (SSSR count). The van der Waals surface area contributed by atoms with E-state index < -0.39 is 0 Å². The number of nitrogens with zero attached hydrogens (tertiary/aromatic N) is 1. The fourth-order valence-electron chi connectivity index (χ4n) is 2.39. The Morgan fingerprint density at radius 2 is 1.96 bits per heavy atom. The molecule has 6 nitrogen and oxygen atoms in total. The second-order valence-electron chi connectivity index (χ2n) is 5.16. The van der Waals surface area contributed by atoms with Crippen LogP contribution in [0.2, 0.25) is 0 Å². The second-order valence-corrected chi connectivity index (χ2v) is 5.16. The Balaban J connectivity index is 1.62. The smallest absolute Gasteiger partial charge is 0.323 e. The number of aromatic amines is 2. The first-order chi connectivity index (χ1) is 11.2. The Labute approximate surface area is 131 Å². The second kappa shape index (κ2) is 6.20. The summed E-state index contributed by atoms with van der Waals surface area (Å²) in [7, 11) is 0. The largest absolute Gasteiger partial charge is 0.352 e. The highest BCUT2D eigenvalue weighted by molar-refractivity contribution is 5.94. The van der Waals surface area contributed by atoms with Crippen LogP contribution in [0.15, 0.2) is 47.3 Å². The molecule has 0 aliphatic heterocycles. The third kappa shape index (κ3) is 3.30. The van der Waals surface area contributed by atoms with Crippen LogP contribution in [0.4, 0.5) is 0 Å². The third-order valence-corrected chi connectivity index (χ3v) is 3.53. The van der Waals surface area contributed by atoms with E-state index in [-0.39, 0.29) is 11.6 Å². The SMILES string of the molecule is N#Cc1cccc(C(=O)NCCc2ccc3[nH]c(=O)[nH]c3c2)c1. The predicted molar refractivity (Wildman–Crippen MR) is 86.1 cm³/mol. The predicted octanol–water partition coefficient (Wildman–Crippen LogP) is 1.70. The summed E-state index contributed by atoms with van der Waals surface area (Å²) in [5, 5.41) is 11.7. The Morgan fingerprint density at radius 1 is 1.13 bits per heavy atom. The van der Waals surface area contributed by atoms with Gasteiger partial charge in [0.15, 0.2) is 0 Å². The van der Waals surface area contributed by atoms with E-state index in [0.717, 1.165) is 16.6 Å². The van der Waals surface area contributed by atoms with Crippen molar-refractivity contribution >= 4 is 16.9 Å². The summed E-state index contributed by atoms with van der Waals surface area (Å²) >= 11 is 0. The van der Waals surface area contributed by atoms with E-state index in [1.807, 2.05) is 24.3 Å². The molecule has 0 saturated heterocycles. The summed E-state index contributed by atoms with van der Waals surface area (Å²) in [6.45, 7) is 0.468. The Bertz CT molecular complexity index is 962. The normalized spacial score (nSPS) is 10.4. The molecule has 0 fully saturated rings. The van der Waals surface area contributed by atoms with Crippen LogP contribution in [0.25, 0.3) is 11.0 Å². The summed E-state index contributed by atoms with van der Waals surface area (Å²) in [6, 6.07) is 14.2. The molecular formula is C17H14N4O2. The molecular weight excluding hydrogens is 292 g/mol. The Hall–Kier alpha value is -3.33. The molecule has 1 heterocycles. The average Bonchev–Trinajstić information content (AvgIpc) is 2.94.